The van der Waals surface area contributed by atoms with Crippen molar-refractivity contribution in [3.63, 3.8) is 0 Å². The number of rotatable bonds is 5. The highest BCUT2D eigenvalue weighted by Crippen LogP contribution is 2.42. The smallest absolute Gasteiger partial charge is 0.376 e. The maximum Gasteiger partial charge on any atom is 0.416 e. The molecule has 0 bridgehead atoms. The van der Waals surface area contributed by atoms with Gasteiger partial charge in [0.25, 0.3) is 5.91 Å². The summed E-state index contributed by atoms with van der Waals surface area (Å²) in [7, 11) is 0. The number of benzene rings is 2. The summed E-state index contributed by atoms with van der Waals surface area (Å²) >= 11 is 1.23. The lowest BCUT2D eigenvalue weighted by atomic mass is 10.1. The zero-order chi connectivity index (χ0) is 22.7. The van der Waals surface area contributed by atoms with Gasteiger partial charge in [-0.25, -0.2) is 0 Å². The minimum absolute atomic E-state index is 0.00558. The van der Waals surface area contributed by atoms with Crippen molar-refractivity contribution in [3.05, 3.63) is 64.6 Å². The molecule has 2 heterocycles. The van der Waals surface area contributed by atoms with Crippen molar-refractivity contribution in [1.29, 1.82) is 0 Å². The maximum atomic E-state index is 13.2. The summed E-state index contributed by atoms with van der Waals surface area (Å²) in [6.07, 6.45) is -1.03. The normalized spacial score (nSPS) is 19.8. The Labute approximate surface area is 187 Å². The number of amides is 2. The summed E-state index contributed by atoms with van der Waals surface area (Å²) in [6, 6.07) is 11.8. The number of alkyl halides is 3. The monoisotopic (exact) mass is 462 g/mol. The summed E-state index contributed by atoms with van der Waals surface area (Å²) < 4.78 is 43.9. The Bertz CT molecular complexity index is 1030. The van der Waals surface area contributed by atoms with E-state index in [9.17, 15) is 22.8 Å². The SMILES string of the molecule is O=C(CN1C(=O)/C(=C/c2ccc(C(F)(F)F)cc2)Sc2ccccc21)NCC1CCCO1. The zero-order valence-electron chi connectivity index (χ0n) is 17.0. The first-order chi connectivity index (χ1) is 15.3. The fourth-order valence-electron chi connectivity index (χ4n) is 3.57. The van der Waals surface area contributed by atoms with E-state index >= 15 is 0 Å². The van der Waals surface area contributed by atoms with Gasteiger partial charge in [0, 0.05) is 18.0 Å². The number of hydrogen-bond acceptors (Lipinski definition) is 4. The third-order valence-electron chi connectivity index (χ3n) is 5.22. The fourth-order valence-corrected chi connectivity index (χ4v) is 4.63. The molecule has 1 unspecified atom stereocenters. The molecule has 2 aliphatic rings. The number of nitrogens with one attached hydrogen (secondary N) is 1. The van der Waals surface area contributed by atoms with E-state index in [1.807, 2.05) is 12.1 Å². The standard InChI is InChI=1S/C23H21F3N2O3S/c24-23(25,26)16-9-7-15(8-10-16)12-20-22(30)28(18-5-1-2-6-19(18)32-20)14-21(29)27-13-17-4-3-11-31-17/h1-2,5-10,12,17H,3-4,11,13-14H2,(H,27,29)/b20-12-. The molecule has 5 nitrogen and oxygen atoms in total. The van der Waals surface area contributed by atoms with Crippen molar-refractivity contribution < 1.29 is 27.5 Å². The molecule has 32 heavy (non-hydrogen) atoms. The number of fused-ring (bicyclic) bond motifs is 1. The molecule has 0 aliphatic carbocycles. The second-order valence-corrected chi connectivity index (χ2v) is 8.61. The van der Waals surface area contributed by atoms with Gasteiger partial charge in [0.2, 0.25) is 5.91 Å². The first-order valence-corrected chi connectivity index (χ1v) is 11.0. The highest BCUT2D eigenvalue weighted by Gasteiger charge is 2.32. The van der Waals surface area contributed by atoms with Crippen LogP contribution in [0.3, 0.4) is 0 Å². The van der Waals surface area contributed by atoms with Gasteiger partial charge < -0.3 is 10.1 Å². The molecule has 9 heteroatoms. The Morgan fingerprint density at radius 3 is 2.62 bits per heavy atom. The van der Waals surface area contributed by atoms with Crippen LogP contribution in [-0.4, -0.2) is 37.6 Å². The number of anilines is 1. The fraction of sp³-hybridized carbons (Fsp3) is 0.304. The largest absolute Gasteiger partial charge is 0.416 e. The van der Waals surface area contributed by atoms with Gasteiger partial charge in [-0.05, 0) is 48.7 Å². The van der Waals surface area contributed by atoms with Crippen LogP contribution in [0.25, 0.3) is 6.08 Å². The minimum Gasteiger partial charge on any atom is -0.376 e. The van der Waals surface area contributed by atoms with Gasteiger partial charge in [-0.3, -0.25) is 14.5 Å². The van der Waals surface area contributed by atoms with Crippen molar-refractivity contribution >= 4 is 35.3 Å². The number of para-hydroxylation sites is 1. The van der Waals surface area contributed by atoms with Crippen molar-refractivity contribution in [3.8, 4) is 0 Å². The van der Waals surface area contributed by atoms with Crippen molar-refractivity contribution in [2.24, 2.45) is 0 Å². The van der Waals surface area contributed by atoms with Gasteiger partial charge in [-0.1, -0.05) is 36.0 Å². The first-order valence-electron chi connectivity index (χ1n) is 10.2. The van der Waals surface area contributed by atoms with Crippen LogP contribution in [0, 0.1) is 0 Å². The molecule has 2 aromatic rings. The third-order valence-corrected chi connectivity index (χ3v) is 6.30. The van der Waals surface area contributed by atoms with E-state index in [4.69, 9.17) is 4.74 Å². The molecule has 0 radical (unpaired) electrons. The number of halogens is 3. The van der Waals surface area contributed by atoms with Gasteiger partial charge in [-0.15, -0.1) is 0 Å². The van der Waals surface area contributed by atoms with Crippen LogP contribution in [0.2, 0.25) is 0 Å². The van der Waals surface area contributed by atoms with Crippen LogP contribution in [-0.2, 0) is 20.5 Å². The average Bonchev–Trinajstić information content (AvgIpc) is 3.29. The van der Waals surface area contributed by atoms with E-state index in [-0.39, 0.29) is 24.5 Å². The lowest BCUT2D eigenvalue weighted by Gasteiger charge is -2.30. The van der Waals surface area contributed by atoms with Crippen molar-refractivity contribution in [2.45, 2.75) is 30.0 Å². The minimum atomic E-state index is -4.42. The van der Waals surface area contributed by atoms with Crippen LogP contribution in [0.4, 0.5) is 18.9 Å². The Morgan fingerprint density at radius 1 is 1.19 bits per heavy atom. The Morgan fingerprint density at radius 2 is 1.94 bits per heavy atom. The van der Waals surface area contributed by atoms with Crippen LogP contribution >= 0.6 is 11.8 Å². The van der Waals surface area contributed by atoms with E-state index in [0.717, 1.165) is 29.9 Å². The summed E-state index contributed by atoms with van der Waals surface area (Å²) in [6.45, 7) is 0.923. The molecule has 0 saturated carbocycles. The number of ether oxygens (including phenoxy) is 1. The molecule has 2 amide bonds. The molecule has 168 valence electrons. The van der Waals surface area contributed by atoms with E-state index in [0.29, 0.717) is 29.3 Å². The molecule has 2 aliphatic heterocycles. The molecule has 1 saturated heterocycles. The van der Waals surface area contributed by atoms with Gasteiger partial charge in [0.15, 0.2) is 0 Å². The van der Waals surface area contributed by atoms with Crippen molar-refractivity contribution in [1.82, 2.24) is 5.32 Å². The first kappa shape index (κ1) is 22.4. The molecule has 1 atom stereocenters. The molecule has 2 aromatic carbocycles. The number of hydrogen-bond donors (Lipinski definition) is 1. The summed E-state index contributed by atoms with van der Waals surface area (Å²) in [4.78, 5) is 28.2. The van der Waals surface area contributed by atoms with Gasteiger partial charge in [0.05, 0.1) is 22.3 Å². The van der Waals surface area contributed by atoms with E-state index < -0.39 is 11.7 Å². The predicted molar refractivity (Wildman–Crippen MR) is 116 cm³/mol. The van der Waals surface area contributed by atoms with E-state index in [1.165, 1.54) is 28.8 Å². The Balaban J connectivity index is 1.53. The summed E-state index contributed by atoms with van der Waals surface area (Å²) in [5.41, 5.74) is 0.340. The van der Waals surface area contributed by atoms with Gasteiger partial charge in [-0.2, -0.15) is 13.2 Å². The molecule has 0 spiro atoms. The molecular formula is C23H21F3N2O3S. The highest BCUT2D eigenvalue weighted by molar-refractivity contribution is 8.04. The quantitative estimate of drug-likeness (QED) is 0.666. The van der Waals surface area contributed by atoms with Gasteiger partial charge in [0.1, 0.15) is 6.54 Å². The molecule has 4 rings (SSSR count). The number of carbonyl (C=O) groups is 2. The topological polar surface area (TPSA) is 58.6 Å². The highest BCUT2D eigenvalue weighted by atomic mass is 32.2. The second kappa shape index (κ2) is 9.38. The lowest BCUT2D eigenvalue weighted by molar-refractivity contribution is -0.137. The maximum absolute atomic E-state index is 13.2. The Kier molecular flexibility index (Phi) is 6.57. The lowest BCUT2D eigenvalue weighted by Crippen LogP contribution is -2.44. The second-order valence-electron chi connectivity index (χ2n) is 7.53. The van der Waals surface area contributed by atoms with Crippen LogP contribution < -0.4 is 10.2 Å². The summed E-state index contributed by atoms with van der Waals surface area (Å²) in [5, 5.41) is 2.82. The number of carbonyl (C=O) groups excluding carboxylic acids is 2. The molecule has 1 N–H and O–H groups in total. The van der Waals surface area contributed by atoms with E-state index in [1.54, 1.807) is 18.2 Å². The van der Waals surface area contributed by atoms with Crippen molar-refractivity contribution in [2.75, 3.05) is 24.6 Å². The average molecular weight is 462 g/mol. The predicted octanol–water partition coefficient (Wildman–Crippen LogP) is 4.48. The zero-order valence-corrected chi connectivity index (χ0v) is 17.8. The molecule has 0 aromatic heterocycles. The van der Waals surface area contributed by atoms with Crippen LogP contribution in [0.5, 0.6) is 0 Å². The van der Waals surface area contributed by atoms with E-state index in [2.05, 4.69) is 5.32 Å². The van der Waals surface area contributed by atoms with Gasteiger partial charge >= 0.3 is 6.18 Å². The summed E-state index contributed by atoms with van der Waals surface area (Å²) in [5.74, 6) is -0.676. The molecule has 1 fully saturated rings. The van der Waals surface area contributed by atoms with Crippen LogP contribution in [0.1, 0.15) is 24.0 Å². The van der Waals surface area contributed by atoms with Crippen LogP contribution in [0.15, 0.2) is 58.3 Å². The Hall–Kier alpha value is -2.78. The molecular weight excluding hydrogens is 441 g/mol. The third kappa shape index (κ3) is 5.16. The number of nitrogens with zero attached hydrogens (tertiary/aromatic N) is 1. The number of thioether (sulfide) groups is 1.